The van der Waals surface area contributed by atoms with E-state index in [2.05, 4.69) is 37.9 Å². The summed E-state index contributed by atoms with van der Waals surface area (Å²) < 4.78 is 0. The molecule has 1 aliphatic rings. The largest absolute Gasteiger partial charge is 0.302 e. The number of rotatable bonds is 7. The molecular weight excluding hydrogens is 212 g/mol. The number of Topliss-reactive ketones (excluding diaryl/α,β-unsaturated/α-hetero) is 1. The molecule has 1 fully saturated rings. The number of hydrogen-bond acceptors (Lipinski definition) is 3. The second-order valence-corrected chi connectivity index (χ2v) is 5.92. The van der Waals surface area contributed by atoms with E-state index in [4.69, 9.17) is 0 Å². The molecule has 17 heavy (non-hydrogen) atoms. The summed E-state index contributed by atoms with van der Waals surface area (Å²) in [5, 5.41) is 0. The second kappa shape index (κ2) is 5.96. The molecule has 0 bridgehead atoms. The predicted octanol–water partition coefficient (Wildman–Crippen LogP) is 2.02. The van der Waals surface area contributed by atoms with Crippen molar-refractivity contribution in [1.29, 1.82) is 0 Å². The fourth-order valence-corrected chi connectivity index (χ4v) is 2.54. The quantitative estimate of drug-likeness (QED) is 0.680. The van der Waals surface area contributed by atoms with Gasteiger partial charge in [0, 0.05) is 18.0 Å². The molecule has 0 aromatic carbocycles. The standard InChI is InChI=1S/C14H28N2O/c1-6-12(2)13(17)10-16(5)11-14(15(3)4)8-7-9-14/h12H,6-11H2,1-5H3. The first-order valence-electron chi connectivity index (χ1n) is 6.80. The van der Waals surface area contributed by atoms with Gasteiger partial charge in [0.05, 0.1) is 6.54 Å². The zero-order valence-corrected chi connectivity index (χ0v) is 12.1. The van der Waals surface area contributed by atoms with Gasteiger partial charge in [-0.2, -0.15) is 0 Å². The average Bonchev–Trinajstić information content (AvgIpc) is 2.21. The first kappa shape index (κ1) is 14.7. The van der Waals surface area contributed by atoms with Gasteiger partial charge in [0.25, 0.3) is 0 Å². The Labute approximate surface area is 106 Å². The molecule has 0 aromatic rings. The lowest BCUT2D eigenvalue weighted by molar-refractivity contribution is -0.123. The topological polar surface area (TPSA) is 23.6 Å². The van der Waals surface area contributed by atoms with Gasteiger partial charge < -0.3 is 4.90 Å². The number of hydrogen-bond donors (Lipinski definition) is 0. The fraction of sp³-hybridized carbons (Fsp3) is 0.929. The number of ketones is 1. The van der Waals surface area contributed by atoms with Crippen molar-refractivity contribution < 1.29 is 4.79 Å². The Morgan fingerprint density at radius 2 is 1.88 bits per heavy atom. The van der Waals surface area contributed by atoms with Crippen molar-refractivity contribution in [2.45, 2.75) is 45.1 Å². The summed E-state index contributed by atoms with van der Waals surface area (Å²) in [5.41, 5.74) is 0.324. The minimum absolute atomic E-state index is 0.203. The number of carbonyl (C=O) groups excluding carboxylic acids is 1. The van der Waals surface area contributed by atoms with Gasteiger partial charge in [0.15, 0.2) is 0 Å². The van der Waals surface area contributed by atoms with Gasteiger partial charge in [-0.1, -0.05) is 13.8 Å². The average molecular weight is 240 g/mol. The van der Waals surface area contributed by atoms with Crippen LogP contribution in [0.4, 0.5) is 0 Å². The maximum atomic E-state index is 11.9. The van der Waals surface area contributed by atoms with Crippen LogP contribution < -0.4 is 0 Å². The van der Waals surface area contributed by atoms with Crippen LogP contribution in [0.15, 0.2) is 0 Å². The molecular formula is C14H28N2O. The molecule has 1 rings (SSSR count). The zero-order valence-electron chi connectivity index (χ0n) is 12.1. The molecule has 3 nitrogen and oxygen atoms in total. The Bertz CT molecular complexity index is 259. The summed E-state index contributed by atoms with van der Waals surface area (Å²) >= 11 is 0. The molecule has 100 valence electrons. The highest BCUT2D eigenvalue weighted by Gasteiger charge is 2.39. The van der Waals surface area contributed by atoms with Crippen LogP contribution in [-0.4, -0.2) is 55.4 Å². The monoisotopic (exact) mass is 240 g/mol. The van der Waals surface area contributed by atoms with Crippen LogP contribution in [-0.2, 0) is 4.79 Å². The van der Waals surface area contributed by atoms with E-state index in [0.717, 1.165) is 13.0 Å². The molecule has 0 aromatic heterocycles. The minimum atomic E-state index is 0.203. The van der Waals surface area contributed by atoms with Gasteiger partial charge in [-0.05, 0) is 46.8 Å². The van der Waals surface area contributed by atoms with Crippen molar-refractivity contribution in [3.63, 3.8) is 0 Å². The SMILES string of the molecule is CCC(C)C(=O)CN(C)CC1(N(C)C)CCC1. The first-order chi connectivity index (χ1) is 7.91. The molecule has 0 radical (unpaired) electrons. The van der Waals surface area contributed by atoms with E-state index >= 15 is 0 Å². The van der Waals surface area contributed by atoms with E-state index < -0.39 is 0 Å². The second-order valence-electron chi connectivity index (χ2n) is 5.92. The van der Waals surface area contributed by atoms with Crippen molar-refractivity contribution in [2.75, 3.05) is 34.2 Å². The Morgan fingerprint density at radius 1 is 1.29 bits per heavy atom. The summed E-state index contributed by atoms with van der Waals surface area (Å²) in [5.74, 6) is 0.581. The molecule has 1 unspecified atom stereocenters. The predicted molar refractivity (Wildman–Crippen MR) is 72.2 cm³/mol. The van der Waals surface area contributed by atoms with Crippen LogP contribution in [0.25, 0.3) is 0 Å². The molecule has 1 atom stereocenters. The molecule has 0 amide bonds. The molecule has 0 N–H and O–H groups in total. The van der Waals surface area contributed by atoms with Crippen LogP contribution in [0, 0.1) is 5.92 Å². The Balaban J connectivity index is 2.43. The number of likely N-dealkylation sites (N-methyl/N-ethyl adjacent to an activating group) is 2. The van der Waals surface area contributed by atoms with Crippen LogP contribution in [0.3, 0.4) is 0 Å². The molecule has 0 heterocycles. The van der Waals surface area contributed by atoms with Crippen molar-refractivity contribution >= 4 is 5.78 Å². The maximum Gasteiger partial charge on any atom is 0.149 e. The summed E-state index contributed by atoms with van der Waals surface area (Å²) in [6.07, 6.45) is 4.81. The molecule has 3 heteroatoms. The van der Waals surface area contributed by atoms with Crippen LogP contribution in [0.2, 0.25) is 0 Å². The van der Waals surface area contributed by atoms with E-state index in [1.165, 1.54) is 19.3 Å². The lowest BCUT2D eigenvalue weighted by atomic mass is 9.75. The van der Waals surface area contributed by atoms with Gasteiger partial charge in [-0.3, -0.25) is 9.69 Å². The van der Waals surface area contributed by atoms with Crippen LogP contribution >= 0.6 is 0 Å². The van der Waals surface area contributed by atoms with Crippen LogP contribution in [0.1, 0.15) is 39.5 Å². The molecule has 0 aliphatic heterocycles. The smallest absolute Gasteiger partial charge is 0.149 e. The van der Waals surface area contributed by atoms with E-state index in [1.807, 2.05) is 6.92 Å². The third-order valence-corrected chi connectivity index (χ3v) is 4.38. The molecule has 0 spiro atoms. The summed E-state index contributed by atoms with van der Waals surface area (Å²) in [6.45, 7) is 5.73. The molecule has 1 aliphatic carbocycles. The van der Waals surface area contributed by atoms with Gasteiger partial charge in [-0.25, -0.2) is 0 Å². The van der Waals surface area contributed by atoms with Crippen molar-refractivity contribution in [3.8, 4) is 0 Å². The lowest BCUT2D eigenvalue weighted by Gasteiger charge is -2.49. The number of carbonyl (C=O) groups is 1. The first-order valence-corrected chi connectivity index (χ1v) is 6.80. The zero-order chi connectivity index (χ0) is 13.1. The maximum absolute atomic E-state index is 11.9. The highest BCUT2D eigenvalue weighted by atomic mass is 16.1. The summed E-state index contributed by atoms with van der Waals surface area (Å²) in [6, 6.07) is 0. The third kappa shape index (κ3) is 3.52. The highest BCUT2D eigenvalue weighted by Crippen LogP contribution is 2.36. The lowest BCUT2D eigenvalue weighted by Crippen LogP contribution is -2.57. The molecule has 1 saturated carbocycles. The fourth-order valence-electron chi connectivity index (χ4n) is 2.54. The van der Waals surface area contributed by atoms with Gasteiger partial charge in [0.2, 0.25) is 0 Å². The van der Waals surface area contributed by atoms with E-state index in [-0.39, 0.29) is 5.92 Å². The van der Waals surface area contributed by atoms with Gasteiger partial charge in [0.1, 0.15) is 5.78 Å². The van der Waals surface area contributed by atoms with Crippen molar-refractivity contribution in [1.82, 2.24) is 9.80 Å². The summed E-state index contributed by atoms with van der Waals surface area (Å²) in [4.78, 5) is 16.4. The Kier molecular flexibility index (Phi) is 5.14. The summed E-state index contributed by atoms with van der Waals surface area (Å²) in [7, 11) is 6.39. The van der Waals surface area contributed by atoms with Crippen molar-refractivity contribution in [3.05, 3.63) is 0 Å². The number of nitrogens with zero attached hydrogens (tertiary/aromatic N) is 2. The van der Waals surface area contributed by atoms with Crippen molar-refractivity contribution in [2.24, 2.45) is 5.92 Å². The Hall–Kier alpha value is -0.410. The Morgan fingerprint density at radius 3 is 2.24 bits per heavy atom. The van der Waals surface area contributed by atoms with Crippen LogP contribution in [0.5, 0.6) is 0 Å². The normalized spacial score (nSPS) is 20.4. The van der Waals surface area contributed by atoms with E-state index in [1.54, 1.807) is 0 Å². The van der Waals surface area contributed by atoms with E-state index in [9.17, 15) is 4.79 Å². The van der Waals surface area contributed by atoms with Gasteiger partial charge in [-0.15, -0.1) is 0 Å². The van der Waals surface area contributed by atoms with Gasteiger partial charge >= 0.3 is 0 Å². The third-order valence-electron chi connectivity index (χ3n) is 4.38. The van der Waals surface area contributed by atoms with E-state index in [0.29, 0.717) is 17.9 Å². The highest BCUT2D eigenvalue weighted by molar-refractivity contribution is 5.82. The minimum Gasteiger partial charge on any atom is -0.302 e. The molecule has 0 saturated heterocycles.